The number of carbonyl (C=O) groups is 1. The lowest BCUT2D eigenvalue weighted by molar-refractivity contribution is 0.100. The molecule has 100 valence electrons. The molecule has 0 atom stereocenters. The van der Waals surface area contributed by atoms with Crippen molar-refractivity contribution >= 4 is 22.9 Å². The highest BCUT2D eigenvalue weighted by atomic mass is 32.1. The summed E-state index contributed by atoms with van der Waals surface area (Å²) >= 11 is 1.59. The fourth-order valence-corrected chi connectivity index (χ4v) is 2.37. The van der Waals surface area contributed by atoms with Gasteiger partial charge in [0.25, 0.3) is 0 Å². The molecule has 0 aliphatic carbocycles. The van der Waals surface area contributed by atoms with Crippen LogP contribution in [-0.2, 0) is 6.54 Å². The van der Waals surface area contributed by atoms with E-state index in [1.807, 2.05) is 12.3 Å². The Kier molecular flexibility index (Phi) is 4.01. The molecule has 0 saturated carbocycles. The second-order valence-corrected chi connectivity index (χ2v) is 4.96. The third kappa shape index (κ3) is 3.23. The van der Waals surface area contributed by atoms with Crippen molar-refractivity contribution in [3.05, 3.63) is 39.8 Å². The molecule has 0 unspecified atom stereocenters. The van der Waals surface area contributed by atoms with Crippen LogP contribution in [0.4, 0.5) is 5.69 Å². The van der Waals surface area contributed by atoms with Crippen LogP contribution in [0.1, 0.15) is 21.1 Å². The van der Waals surface area contributed by atoms with Crippen molar-refractivity contribution in [1.29, 1.82) is 0 Å². The Hall–Kier alpha value is -2.08. The van der Waals surface area contributed by atoms with Crippen LogP contribution < -0.4 is 15.8 Å². The Morgan fingerprint density at radius 2 is 2.32 bits per heavy atom. The van der Waals surface area contributed by atoms with E-state index in [1.54, 1.807) is 36.6 Å². The number of aromatic nitrogens is 1. The molecule has 2 rings (SSSR count). The minimum Gasteiger partial charge on any atom is -0.495 e. The van der Waals surface area contributed by atoms with Crippen molar-refractivity contribution in [2.75, 3.05) is 12.4 Å². The smallest absolute Gasteiger partial charge is 0.248 e. The summed E-state index contributed by atoms with van der Waals surface area (Å²) in [5.74, 6) is 0.203. The molecule has 19 heavy (non-hydrogen) atoms. The van der Waals surface area contributed by atoms with E-state index >= 15 is 0 Å². The van der Waals surface area contributed by atoms with Gasteiger partial charge in [-0.15, -0.1) is 11.3 Å². The maximum absolute atomic E-state index is 11.2. The van der Waals surface area contributed by atoms with Gasteiger partial charge in [-0.05, 0) is 25.1 Å². The Morgan fingerprint density at radius 1 is 1.53 bits per heavy atom. The summed E-state index contributed by atoms with van der Waals surface area (Å²) in [5, 5.41) is 6.17. The van der Waals surface area contributed by atoms with Gasteiger partial charge in [0.2, 0.25) is 5.91 Å². The highest BCUT2D eigenvalue weighted by molar-refractivity contribution is 7.09. The number of nitrogens with zero attached hydrogens (tertiary/aromatic N) is 1. The van der Waals surface area contributed by atoms with Gasteiger partial charge in [0, 0.05) is 16.6 Å². The van der Waals surface area contributed by atoms with E-state index in [2.05, 4.69) is 10.3 Å². The number of primary amides is 1. The predicted molar refractivity (Wildman–Crippen MR) is 75.7 cm³/mol. The van der Waals surface area contributed by atoms with E-state index in [1.165, 1.54) is 0 Å². The largest absolute Gasteiger partial charge is 0.495 e. The van der Waals surface area contributed by atoms with Crippen LogP contribution in [0.5, 0.6) is 5.75 Å². The molecule has 0 radical (unpaired) electrons. The highest BCUT2D eigenvalue weighted by Crippen LogP contribution is 2.26. The molecule has 0 spiro atoms. The summed E-state index contributed by atoms with van der Waals surface area (Å²) in [6.45, 7) is 2.53. The number of benzene rings is 1. The van der Waals surface area contributed by atoms with E-state index in [0.29, 0.717) is 17.9 Å². The number of rotatable bonds is 5. The first kappa shape index (κ1) is 13.4. The van der Waals surface area contributed by atoms with Crippen LogP contribution in [0.15, 0.2) is 23.6 Å². The molecule has 2 aromatic rings. The predicted octanol–water partition coefficient (Wildman–Crippen LogP) is 2.17. The number of aryl methyl sites for hydroxylation is 1. The first-order valence-electron chi connectivity index (χ1n) is 5.73. The molecule has 5 nitrogen and oxygen atoms in total. The number of hydrogen-bond donors (Lipinski definition) is 2. The summed E-state index contributed by atoms with van der Waals surface area (Å²) in [6, 6.07) is 5.04. The first-order valence-corrected chi connectivity index (χ1v) is 6.61. The molecule has 0 saturated heterocycles. The van der Waals surface area contributed by atoms with Crippen molar-refractivity contribution in [2.24, 2.45) is 5.73 Å². The number of amides is 1. The topological polar surface area (TPSA) is 77.2 Å². The molecular formula is C13H15N3O2S. The molecule has 1 amide bonds. The van der Waals surface area contributed by atoms with Crippen LogP contribution in [0, 0.1) is 6.92 Å². The number of carbonyl (C=O) groups excluding carboxylic acids is 1. The van der Waals surface area contributed by atoms with Crippen molar-refractivity contribution in [3.63, 3.8) is 0 Å². The zero-order valence-electron chi connectivity index (χ0n) is 10.8. The van der Waals surface area contributed by atoms with E-state index in [-0.39, 0.29) is 0 Å². The maximum atomic E-state index is 11.2. The number of thiazole rings is 1. The van der Waals surface area contributed by atoms with Gasteiger partial charge in [0.05, 0.1) is 19.3 Å². The van der Waals surface area contributed by atoms with Gasteiger partial charge < -0.3 is 15.8 Å². The molecule has 0 fully saturated rings. The standard InChI is InChI=1S/C13H15N3O2S/c1-8-7-19-12(16-8)6-15-10-5-9(13(14)17)3-4-11(10)18-2/h3-5,7,15H,6H2,1-2H3,(H2,14,17). The molecule has 1 aromatic carbocycles. The number of hydrogen-bond acceptors (Lipinski definition) is 5. The molecular weight excluding hydrogens is 262 g/mol. The van der Waals surface area contributed by atoms with Crippen LogP contribution in [0.3, 0.4) is 0 Å². The van der Waals surface area contributed by atoms with Gasteiger partial charge in [0.1, 0.15) is 10.8 Å². The van der Waals surface area contributed by atoms with Gasteiger partial charge in [-0.25, -0.2) is 4.98 Å². The Bertz CT molecular complexity index is 595. The van der Waals surface area contributed by atoms with Crippen LogP contribution in [0.25, 0.3) is 0 Å². The second-order valence-electron chi connectivity index (χ2n) is 4.02. The zero-order valence-corrected chi connectivity index (χ0v) is 11.6. The third-order valence-corrected chi connectivity index (χ3v) is 3.55. The first-order chi connectivity index (χ1) is 9.10. The van der Waals surface area contributed by atoms with Crippen LogP contribution in [-0.4, -0.2) is 18.0 Å². The van der Waals surface area contributed by atoms with Crippen molar-refractivity contribution in [2.45, 2.75) is 13.5 Å². The number of anilines is 1. The van der Waals surface area contributed by atoms with Gasteiger partial charge in [-0.2, -0.15) is 0 Å². The number of methoxy groups -OCH3 is 1. The van der Waals surface area contributed by atoms with Gasteiger partial charge in [0.15, 0.2) is 0 Å². The highest BCUT2D eigenvalue weighted by Gasteiger charge is 2.08. The average molecular weight is 277 g/mol. The molecule has 1 aromatic heterocycles. The Morgan fingerprint density at radius 3 is 2.89 bits per heavy atom. The lowest BCUT2D eigenvalue weighted by Gasteiger charge is -2.11. The number of nitrogens with two attached hydrogens (primary N) is 1. The van der Waals surface area contributed by atoms with E-state index < -0.39 is 5.91 Å². The van der Waals surface area contributed by atoms with E-state index in [4.69, 9.17) is 10.5 Å². The monoisotopic (exact) mass is 277 g/mol. The van der Waals surface area contributed by atoms with Gasteiger partial charge in [-0.3, -0.25) is 4.79 Å². The fourth-order valence-electron chi connectivity index (χ4n) is 1.65. The summed E-state index contributed by atoms with van der Waals surface area (Å²) in [7, 11) is 1.58. The number of ether oxygens (including phenoxy) is 1. The summed E-state index contributed by atoms with van der Waals surface area (Å²) in [4.78, 5) is 15.5. The van der Waals surface area contributed by atoms with Crippen LogP contribution in [0.2, 0.25) is 0 Å². The van der Waals surface area contributed by atoms with Crippen LogP contribution >= 0.6 is 11.3 Å². The zero-order chi connectivity index (χ0) is 13.8. The third-order valence-electron chi connectivity index (χ3n) is 2.58. The molecule has 6 heteroatoms. The minimum atomic E-state index is -0.462. The fraction of sp³-hybridized carbons (Fsp3) is 0.231. The van der Waals surface area contributed by atoms with Crippen molar-refractivity contribution < 1.29 is 9.53 Å². The van der Waals surface area contributed by atoms with E-state index in [9.17, 15) is 4.79 Å². The molecule has 3 N–H and O–H groups in total. The Balaban J connectivity index is 2.17. The summed E-state index contributed by atoms with van der Waals surface area (Å²) in [5.41, 5.74) is 7.44. The van der Waals surface area contributed by atoms with Crippen molar-refractivity contribution in [3.8, 4) is 5.75 Å². The average Bonchev–Trinajstić information content (AvgIpc) is 2.81. The second kappa shape index (κ2) is 5.71. The van der Waals surface area contributed by atoms with Gasteiger partial charge >= 0.3 is 0 Å². The number of nitrogens with one attached hydrogen (secondary N) is 1. The van der Waals surface area contributed by atoms with E-state index in [0.717, 1.165) is 16.4 Å². The molecule has 0 aliphatic heterocycles. The quantitative estimate of drug-likeness (QED) is 0.878. The normalized spacial score (nSPS) is 10.2. The van der Waals surface area contributed by atoms with Crippen molar-refractivity contribution in [1.82, 2.24) is 4.98 Å². The SMILES string of the molecule is COc1ccc(C(N)=O)cc1NCc1nc(C)cs1. The van der Waals surface area contributed by atoms with Gasteiger partial charge in [-0.1, -0.05) is 0 Å². The lowest BCUT2D eigenvalue weighted by atomic mass is 10.1. The summed E-state index contributed by atoms with van der Waals surface area (Å²) < 4.78 is 5.24. The maximum Gasteiger partial charge on any atom is 0.248 e. The Labute approximate surface area is 115 Å². The molecule has 1 heterocycles. The summed E-state index contributed by atoms with van der Waals surface area (Å²) in [6.07, 6.45) is 0. The molecule has 0 bridgehead atoms. The lowest BCUT2D eigenvalue weighted by Crippen LogP contribution is -2.11. The molecule has 0 aliphatic rings. The minimum absolute atomic E-state index is 0.443.